The minimum Gasteiger partial charge on any atom is -0.345 e. The van der Waals surface area contributed by atoms with E-state index in [-0.39, 0.29) is 12.5 Å². The Balaban J connectivity index is 1.76. The van der Waals surface area contributed by atoms with Crippen molar-refractivity contribution < 1.29 is 22.8 Å². The van der Waals surface area contributed by atoms with Gasteiger partial charge in [-0.3, -0.25) is 9.59 Å². The number of para-hydroxylation sites is 2. The number of hydrogen-bond donors (Lipinski definition) is 1. The van der Waals surface area contributed by atoms with Crippen LogP contribution in [-0.2, 0) is 21.9 Å². The first-order valence-corrected chi connectivity index (χ1v) is 10.3. The first kappa shape index (κ1) is 20.5. The molecular formula is C18H21F3N4O2S. The van der Waals surface area contributed by atoms with Crippen LogP contribution in [0.5, 0.6) is 0 Å². The Kier molecular flexibility index (Phi) is 6.17. The van der Waals surface area contributed by atoms with Gasteiger partial charge in [-0.15, -0.1) is 0 Å². The molecule has 1 aliphatic rings. The maximum Gasteiger partial charge on any atom is 0.405 e. The van der Waals surface area contributed by atoms with Crippen molar-refractivity contribution in [3.63, 3.8) is 0 Å². The number of alkyl halides is 3. The van der Waals surface area contributed by atoms with Crippen molar-refractivity contribution in [2.24, 2.45) is 0 Å². The third-order valence-corrected chi connectivity index (χ3v) is 5.19. The quantitative estimate of drug-likeness (QED) is 0.789. The number of hydrogen-bond acceptors (Lipinski definition) is 4. The van der Waals surface area contributed by atoms with E-state index in [0.717, 1.165) is 16.9 Å². The summed E-state index contributed by atoms with van der Waals surface area (Å²) in [5.41, 5.74) is 1.59. The van der Waals surface area contributed by atoms with E-state index in [2.05, 4.69) is 4.98 Å². The molecule has 0 aliphatic carbocycles. The summed E-state index contributed by atoms with van der Waals surface area (Å²) in [7, 11) is 0. The molecule has 0 radical (unpaired) electrons. The van der Waals surface area contributed by atoms with Crippen LogP contribution in [0.15, 0.2) is 24.3 Å². The summed E-state index contributed by atoms with van der Waals surface area (Å²) in [6.45, 7) is -1.04. The first-order valence-electron chi connectivity index (χ1n) is 8.87. The number of imidazole rings is 1. The summed E-state index contributed by atoms with van der Waals surface area (Å²) < 4.78 is 38.9. The Morgan fingerprint density at radius 3 is 2.79 bits per heavy atom. The number of halogens is 3. The molecule has 1 fully saturated rings. The minimum atomic E-state index is -4.48. The Morgan fingerprint density at radius 1 is 1.32 bits per heavy atom. The molecule has 1 saturated heterocycles. The molecule has 2 heterocycles. The smallest absolute Gasteiger partial charge is 0.345 e. The molecule has 10 heteroatoms. The second-order valence-corrected chi connectivity index (χ2v) is 7.48. The number of rotatable bonds is 6. The highest BCUT2D eigenvalue weighted by molar-refractivity contribution is 7.97. The monoisotopic (exact) mass is 414 g/mol. The van der Waals surface area contributed by atoms with E-state index in [9.17, 15) is 22.8 Å². The Labute approximate surface area is 164 Å². The van der Waals surface area contributed by atoms with Crippen molar-refractivity contribution in [2.45, 2.75) is 37.4 Å². The summed E-state index contributed by atoms with van der Waals surface area (Å²) in [5.74, 6) is 0.315. The van der Waals surface area contributed by atoms with E-state index in [4.69, 9.17) is 0 Å². The van der Waals surface area contributed by atoms with Gasteiger partial charge in [-0.05, 0) is 31.2 Å². The second-order valence-electron chi connectivity index (χ2n) is 6.61. The number of carbonyl (C=O) groups is 2. The van der Waals surface area contributed by atoms with Crippen molar-refractivity contribution in [1.29, 1.82) is 0 Å². The number of nitrogens with one attached hydrogen (secondary N) is 1. The Hall–Kier alpha value is -2.23. The molecule has 2 aromatic rings. The normalized spacial score (nSPS) is 17.3. The summed E-state index contributed by atoms with van der Waals surface area (Å²) in [4.78, 5) is 31.0. The SMILES string of the molecule is CSCc1nc2ccccc2n1CC(=O)N1CCCC1C(=O)NCC(F)(F)F. The van der Waals surface area contributed by atoms with Crippen molar-refractivity contribution in [1.82, 2.24) is 19.8 Å². The van der Waals surface area contributed by atoms with Crippen LogP contribution in [0.3, 0.4) is 0 Å². The number of nitrogens with zero attached hydrogens (tertiary/aromatic N) is 3. The zero-order chi connectivity index (χ0) is 20.3. The van der Waals surface area contributed by atoms with Crippen molar-refractivity contribution in [3.05, 3.63) is 30.1 Å². The second kappa shape index (κ2) is 8.42. The maximum absolute atomic E-state index is 12.9. The molecule has 1 aromatic heterocycles. The minimum absolute atomic E-state index is 0.000538. The van der Waals surface area contributed by atoms with Crippen LogP contribution in [0.2, 0.25) is 0 Å². The van der Waals surface area contributed by atoms with Gasteiger partial charge in [0.2, 0.25) is 11.8 Å². The zero-order valence-corrected chi connectivity index (χ0v) is 16.1. The van der Waals surface area contributed by atoms with Gasteiger partial charge in [-0.1, -0.05) is 12.1 Å². The fourth-order valence-corrected chi connectivity index (χ4v) is 3.89. The first-order chi connectivity index (χ1) is 13.3. The van der Waals surface area contributed by atoms with E-state index < -0.39 is 24.7 Å². The van der Waals surface area contributed by atoms with Crippen molar-refractivity contribution in [2.75, 3.05) is 19.3 Å². The molecule has 1 atom stereocenters. The highest BCUT2D eigenvalue weighted by atomic mass is 32.2. The molecule has 1 N–H and O–H groups in total. The van der Waals surface area contributed by atoms with Crippen LogP contribution < -0.4 is 5.32 Å². The topological polar surface area (TPSA) is 67.2 Å². The van der Waals surface area contributed by atoms with Crippen LogP contribution >= 0.6 is 11.8 Å². The van der Waals surface area contributed by atoms with Gasteiger partial charge in [-0.2, -0.15) is 24.9 Å². The van der Waals surface area contributed by atoms with Gasteiger partial charge in [0.05, 0.1) is 16.8 Å². The lowest BCUT2D eigenvalue weighted by Gasteiger charge is -2.25. The fraction of sp³-hybridized carbons (Fsp3) is 0.500. The number of carbonyl (C=O) groups excluding carboxylic acids is 2. The van der Waals surface area contributed by atoms with Gasteiger partial charge in [0.1, 0.15) is 25.0 Å². The molecule has 1 aliphatic heterocycles. The predicted molar refractivity (Wildman–Crippen MR) is 101 cm³/mol. The van der Waals surface area contributed by atoms with Gasteiger partial charge in [0, 0.05) is 6.54 Å². The third kappa shape index (κ3) is 4.60. The molecular weight excluding hydrogens is 393 g/mol. The van der Waals surface area contributed by atoms with E-state index in [1.807, 2.05) is 40.4 Å². The number of amides is 2. The third-order valence-electron chi connectivity index (χ3n) is 4.64. The predicted octanol–water partition coefficient (Wildman–Crippen LogP) is 2.57. The molecule has 6 nitrogen and oxygen atoms in total. The average molecular weight is 414 g/mol. The summed E-state index contributed by atoms with van der Waals surface area (Å²) >= 11 is 1.58. The number of thioether (sulfide) groups is 1. The highest BCUT2D eigenvalue weighted by Crippen LogP contribution is 2.22. The van der Waals surface area contributed by atoms with E-state index in [0.29, 0.717) is 25.1 Å². The summed E-state index contributed by atoms with van der Waals surface area (Å²) in [6, 6.07) is 6.59. The van der Waals surface area contributed by atoms with Gasteiger partial charge < -0.3 is 14.8 Å². The molecule has 1 unspecified atom stereocenters. The van der Waals surface area contributed by atoms with Crippen LogP contribution in [0.25, 0.3) is 11.0 Å². The van der Waals surface area contributed by atoms with Gasteiger partial charge in [-0.25, -0.2) is 4.98 Å². The van der Waals surface area contributed by atoms with Crippen LogP contribution in [0.1, 0.15) is 18.7 Å². The van der Waals surface area contributed by atoms with Crippen LogP contribution in [0.4, 0.5) is 13.2 Å². The standard InChI is InChI=1S/C18H21F3N4O2S/c1-28-10-15-23-12-5-2-3-6-13(12)25(15)9-16(26)24-8-4-7-14(24)17(27)22-11-18(19,20)21/h2-3,5-6,14H,4,7-11H2,1H3,(H,22,27). The lowest BCUT2D eigenvalue weighted by Crippen LogP contribution is -2.48. The molecule has 2 amide bonds. The zero-order valence-electron chi connectivity index (χ0n) is 15.3. The van der Waals surface area contributed by atoms with Gasteiger partial charge >= 0.3 is 6.18 Å². The molecule has 0 spiro atoms. The lowest BCUT2D eigenvalue weighted by atomic mass is 10.2. The molecule has 0 bridgehead atoms. The van der Waals surface area contributed by atoms with Crippen molar-refractivity contribution >= 4 is 34.6 Å². The number of likely N-dealkylation sites (tertiary alicyclic amines) is 1. The Morgan fingerprint density at radius 2 is 2.07 bits per heavy atom. The summed E-state index contributed by atoms with van der Waals surface area (Å²) in [6.07, 6.45) is -1.60. The number of benzene rings is 1. The fourth-order valence-electron chi connectivity index (χ4n) is 3.41. The number of fused-ring (bicyclic) bond motifs is 1. The Bertz CT molecular complexity index is 868. The highest BCUT2D eigenvalue weighted by Gasteiger charge is 2.36. The van der Waals surface area contributed by atoms with Gasteiger partial charge in [0.25, 0.3) is 0 Å². The van der Waals surface area contributed by atoms with Crippen molar-refractivity contribution in [3.8, 4) is 0 Å². The molecule has 0 saturated carbocycles. The van der Waals surface area contributed by atoms with Crippen LogP contribution in [-0.4, -0.2) is 57.8 Å². The van der Waals surface area contributed by atoms with E-state index in [1.165, 1.54) is 4.90 Å². The molecule has 28 heavy (non-hydrogen) atoms. The van der Waals surface area contributed by atoms with Gasteiger partial charge in [0.15, 0.2) is 0 Å². The largest absolute Gasteiger partial charge is 0.405 e. The molecule has 152 valence electrons. The van der Waals surface area contributed by atoms with E-state index >= 15 is 0 Å². The average Bonchev–Trinajstić information content (AvgIpc) is 3.25. The number of aromatic nitrogens is 2. The lowest BCUT2D eigenvalue weighted by molar-refractivity contribution is -0.145. The molecule has 1 aromatic carbocycles. The summed E-state index contributed by atoms with van der Waals surface area (Å²) in [5, 5.41) is 1.89. The maximum atomic E-state index is 12.9. The molecule has 3 rings (SSSR count). The van der Waals surface area contributed by atoms with E-state index in [1.54, 1.807) is 11.8 Å². The van der Waals surface area contributed by atoms with Crippen LogP contribution in [0, 0.1) is 0 Å².